The van der Waals surface area contributed by atoms with E-state index in [-0.39, 0.29) is 16.6 Å². The van der Waals surface area contributed by atoms with Gasteiger partial charge in [0, 0.05) is 17.7 Å². The minimum atomic E-state index is -0.540. The molecular weight excluding hydrogens is 370 g/mol. The van der Waals surface area contributed by atoms with Crippen molar-refractivity contribution in [3.05, 3.63) is 93.4 Å². The Morgan fingerprint density at radius 1 is 1.19 bits per heavy atom. The van der Waals surface area contributed by atoms with Crippen LogP contribution in [0.3, 0.4) is 0 Å². The molecule has 3 rings (SSSR count). The fourth-order valence-corrected chi connectivity index (χ4v) is 2.87. The largest absolute Gasteiger partial charge is 0.463 e. The number of nitrogens with two attached hydrogens (primary N) is 1. The van der Waals surface area contributed by atoms with E-state index in [4.69, 9.17) is 16.0 Å². The number of nitrogens with zero attached hydrogens (tertiary/aromatic N) is 1. The Kier molecular flexibility index (Phi) is 5.85. The van der Waals surface area contributed by atoms with Crippen LogP contribution in [0.5, 0.6) is 0 Å². The van der Waals surface area contributed by atoms with Gasteiger partial charge in [-0.25, -0.2) is 0 Å². The van der Waals surface area contributed by atoms with Crippen molar-refractivity contribution in [3.8, 4) is 0 Å². The molecule has 1 atom stereocenters. The average Bonchev–Trinajstić information content (AvgIpc) is 3.18. The summed E-state index contributed by atoms with van der Waals surface area (Å²) in [6, 6.07) is 16.3. The van der Waals surface area contributed by atoms with Gasteiger partial charge in [0.2, 0.25) is 0 Å². The number of nitro benzene ring substituents is 1. The highest BCUT2D eigenvalue weighted by molar-refractivity contribution is 6.34. The van der Waals surface area contributed by atoms with Gasteiger partial charge in [-0.1, -0.05) is 41.9 Å². The van der Waals surface area contributed by atoms with Gasteiger partial charge in [-0.3, -0.25) is 14.9 Å². The molecule has 0 radical (unpaired) electrons. The first-order valence-electron chi connectivity index (χ1n) is 8.20. The maximum Gasteiger partial charge on any atom is 0.287 e. The molecule has 0 aliphatic carbocycles. The van der Waals surface area contributed by atoms with Crippen LogP contribution >= 0.6 is 11.6 Å². The van der Waals surface area contributed by atoms with Gasteiger partial charge in [0.05, 0.1) is 21.9 Å². The predicted molar refractivity (Wildman–Crippen MR) is 100 cm³/mol. The molecule has 0 aliphatic heterocycles. The maximum absolute atomic E-state index is 12.9. The summed E-state index contributed by atoms with van der Waals surface area (Å²) in [4.78, 5) is 23.2. The molecule has 7 nitrogen and oxygen atoms in total. The summed E-state index contributed by atoms with van der Waals surface area (Å²) in [5.41, 5.74) is 1.00. The number of benzene rings is 2. The van der Waals surface area contributed by atoms with Gasteiger partial charge in [-0.15, -0.1) is 0 Å². The molecule has 1 aromatic heterocycles. The molecule has 1 heterocycles. The summed E-state index contributed by atoms with van der Waals surface area (Å²) in [5.74, 6) is 0.459. The number of carbonyl (C=O) groups excluding carboxylic acids is 1. The number of halogens is 1. The van der Waals surface area contributed by atoms with E-state index in [1.54, 1.807) is 12.3 Å². The highest BCUT2D eigenvalue weighted by Gasteiger charge is 2.25. The number of hydrogen-bond donors (Lipinski definition) is 2. The number of non-ortho nitro benzene ring substituents is 1. The minimum absolute atomic E-state index is 0.107. The zero-order chi connectivity index (χ0) is 19.2. The molecule has 0 saturated heterocycles. The van der Waals surface area contributed by atoms with Gasteiger partial charge >= 0.3 is 0 Å². The molecule has 2 aromatic carbocycles. The van der Waals surface area contributed by atoms with E-state index < -0.39 is 11.0 Å². The van der Waals surface area contributed by atoms with E-state index in [1.807, 2.05) is 41.7 Å². The van der Waals surface area contributed by atoms with E-state index >= 15 is 0 Å². The van der Waals surface area contributed by atoms with Crippen molar-refractivity contribution in [3.63, 3.8) is 0 Å². The molecule has 0 fully saturated rings. The molecular formula is C19H17ClN3O4+. The SMILES string of the molecule is O=C(Nc1ccc([N+](=O)[O-])cc1Cl)[C@@H]([NH2+]Cc1ccco1)c1ccccc1. The number of amides is 1. The summed E-state index contributed by atoms with van der Waals surface area (Å²) >= 11 is 6.08. The van der Waals surface area contributed by atoms with Crippen LogP contribution in [0.2, 0.25) is 5.02 Å². The first-order chi connectivity index (χ1) is 13.0. The van der Waals surface area contributed by atoms with Crippen LogP contribution in [0.4, 0.5) is 11.4 Å². The van der Waals surface area contributed by atoms with E-state index in [1.165, 1.54) is 18.2 Å². The first kappa shape index (κ1) is 18.6. The fraction of sp³-hybridized carbons (Fsp3) is 0.105. The Hall–Kier alpha value is -3.16. The highest BCUT2D eigenvalue weighted by atomic mass is 35.5. The molecule has 27 heavy (non-hydrogen) atoms. The van der Waals surface area contributed by atoms with Gasteiger partial charge in [-0.2, -0.15) is 0 Å². The summed E-state index contributed by atoms with van der Waals surface area (Å²) in [6.07, 6.45) is 1.58. The lowest BCUT2D eigenvalue weighted by Gasteiger charge is -2.16. The number of furan rings is 1. The number of nitrogens with one attached hydrogen (secondary N) is 1. The summed E-state index contributed by atoms with van der Waals surface area (Å²) in [6.45, 7) is 0.480. The monoisotopic (exact) mass is 386 g/mol. The summed E-state index contributed by atoms with van der Waals surface area (Å²) in [7, 11) is 0. The molecule has 3 aromatic rings. The third kappa shape index (κ3) is 4.72. The number of nitro groups is 1. The molecule has 0 unspecified atom stereocenters. The van der Waals surface area contributed by atoms with Crippen LogP contribution in [-0.4, -0.2) is 10.8 Å². The maximum atomic E-state index is 12.9. The molecule has 0 saturated carbocycles. The molecule has 0 aliphatic rings. The molecule has 3 N–H and O–H groups in total. The smallest absolute Gasteiger partial charge is 0.287 e. The fourth-order valence-electron chi connectivity index (χ4n) is 2.65. The molecule has 0 spiro atoms. The lowest BCUT2D eigenvalue weighted by atomic mass is 10.1. The van der Waals surface area contributed by atoms with Gasteiger partial charge in [0.25, 0.3) is 11.6 Å². The van der Waals surface area contributed by atoms with E-state index in [9.17, 15) is 14.9 Å². The number of hydrogen-bond acceptors (Lipinski definition) is 4. The average molecular weight is 387 g/mol. The van der Waals surface area contributed by atoms with Gasteiger partial charge in [-0.05, 0) is 18.2 Å². The normalized spacial score (nSPS) is 11.7. The highest BCUT2D eigenvalue weighted by Crippen LogP contribution is 2.27. The van der Waals surface area contributed by atoms with Crippen molar-refractivity contribution in [1.29, 1.82) is 0 Å². The lowest BCUT2D eigenvalue weighted by molar-refractivity contribution is -0.699. The summed E-state index contributed by atoms with van der Waals surface area (Å²) < 4.78 is 5.32. The Morgan fingerprint density at radius 3 is 2.59 bits per heavy atom. The lowest BCUT2D eigenvalue weighted by Crippen LogP contribution is -2.85. The number of carbonyl (C=O) groups is 1. The first-order valence-corrected chi connectivity index (χ1v) is 8.58. The Balaban J connectivity index is 1.79. The van der Waals surface area contributed by atoms with Crippen LogP contribution in [-0.2, 0) is 11.3 Å². The van der Waals surface area contributed by atoms with Crippen molar-refractivity contribution in [1.82, 2.24) is 0 Å². The summed E-state index contributed by atoms with van der Waals surface area (Å²) in [5, 5.41) is 15.5. The van der Waals surface area contributed by atoms with Gasteiger partial charge in [0.1, 0.15) is 6.54 Å². The Bertz CT molecular complexity index is 929. The number of rotatable bonds is 7. The van der Waals surface area contributed by atoms with Crippen LogP contribution in [0.25, 0.3) is 0 Å². The topological polar surface area (TPSA) is 102 Å². The second kappa shape index (κ2) is 8.48. The van der Waals surface area contributed by atoms with Crippen molar-refractivity contribution >= 4 is 28.9 Å². The van der Waals surface area contributed by atoms with Crippen LogP contribution in [0.15, 0.2) is 71.3 Å². The zero-order valence-corrected chi connectivity index (χ0v) is 14.9. The standard InChI is InChI=1S/C19H16ClN3O4/c20-16-11-14(23(25)26)8-9-17(16)22-19(24)18(13-5-2-1-3-6-13)21-12-15-7-4-10-27-15/h1-11,18,21H,12H2,(H,22,24)/p+1/t18-/m0/s1. The van der Waals surface area contributed by atoms with Crippen molar-refractivity contribution in [2.24, 2.45) is 0 Å². The molecule has 0 bridgehead atoms. The third-order valence-corrected chi connectivity index (χ3v) is 4.31. The Morgan fingerprint density at radius 2 is 1.96 bits per heavy atom. The number of anilines is 1. The second-order valence-corrected chi connectivity index (χ2v) is 6.23. The predicted octanol–water partition coefficient (Wildman–Crippen LogP) is 3.28. The van der Waals surface area contributed by atoms with Gasteiger partial charge < -0.3 is 15.1 Å². The van der Waals surface area contributed by atoms with Crippen LogP contribution < -0.4 is 10.6 Å². The van der Waals surface area contributed by atoms with Gasteiger partial charge in [0.15, 0.2) is 11.8 Å². The second-order valence-electron chi connectivity index (χ2n) is 5.82. The third-order valence-electron chi connectivity index (χ3n) is 4.00. The van der Waals surface area contributed by atoms with E-state index in [0.29, 0.717) is 12.2 Å². The molecule has 1 amide bonds. The van der Waals surface area contributed by atoms with Crippen LogP contribution in [0.1, 0.15) is 17.4 Å². The molecule has 8 heteroatoms. The van der Waals surface area contributed by atoms with Crippen molar-refractivity contribution in [2.45, 2.75) is 12.6 Å². The van der Waals surface area contributed by atoms with Crippen LogP contribution in [0, 0.1) is 10.1 Å². The van der Waals surface area contributed by atoms with E-state index in [2.05, 4.69) is 5.32 Å². The quantitative estimate of drug-likeness (QED) is 0.480. The van der Waals surface area contributed by atoms with Crippen molar-refractivity contribution < 1.29 is 19.5 Å². The van der Waals surface area contributed by atoms with Crippen molar-refractivity contribution in [2.75, 3.05) is 5.32 Å². The Labute approximate surface area is 160 Å². The number of quaternary nitrogens is 1. The minimum Gasteiger partial charge on any atom is -0.463 e. The molecule has 138 valence electrons. The van der Waals surface area contributed by atoms with E-state index in [0.717, 1.165) is 11.3 Å². The zero-order valence-electron chi connectivity index (χ0n) is 14.2.